The van der Waals surface area contributed by atoms with E-state index in [1.807, 2.05) is 31.2 Å². The van der Waals surface area contributed by atoms with Gasteiger partial charge in [0.25, 0.3) is 0 Å². The molecule has 0 fully saturated rings. The lowest BCUT2D eigenvalue weighted by Gasteiger charge is -2.11. The van der Waals surface area contributed by atoms with Crippen LogP contribution in [-0.4, -0.2) is 18.3 Å². The third-order valence-electron chi connectivity index (χ3n) is 4.48. The SMILES string of the molecule is CCOc1ccc(Oc2ccc3cc(CCNc4ccon4)ccc3c2)c(Cl)c1. The molecule has 0 aliphatic rings. The van der Waals surface area contributed by atoms with E-state index in [0.29, 0.717) is 17.4 Å². The van der Waals surface area contributed by atoms with Crippen molar-refractivity contribution in [3.63, 3.8) is 0 Å². The average molecular weight is 409 g/mol. The highest BCUT2D eigenvalue weighted by molar-refractivity contribution is 6.32. The number of hydrogen-bond donors (Lipinski definition) is 1. The van der Waals surface area contributed by atoms with Crippen LogP contribution in [-0.2, 0) is 6.42 Å². The molecule has 0 amide bonds. The van der Waals surface area contributed by atoms with Crippen LogP contribution in [0.1, 0.15) is 12.5 Å². The third kappa shape index (κ3) is 4.81. The molecule has 0 aliphatic carbocycles. The molecule has 1 heterocycles. The lowest BCUT2D eigenvalue weighted by molar-refractivity contribution is 0.339. The summed E-state index contributed by atoms with van der Waals surface area (Å²) in [6.07, 6.45) is 2.45. The molecule has 0 aliphatic heterocycles. The first kappa shape index (κ1) is 19.2. The Kier molecular flexibility index (Phi) is 5.86. The molecular formula is C23H21ClN2O3. The van der Waals surface area contributed by atoms with Crippen molar-refractivity contribution in [1.82, 2.24) is 5.16 Å². The van der Waals surface area contributed by atoms with Crippen LogP contribution in [0.5, 0.6) is 17.2 Å². The zero-order chi connectivity index (χ0) is 20.1. The Labute approximate surface area is 174 Å². The van der Waals surface area contributed by atoms with Gasteiger partial charge in [-0.05, 0) is 53.9 Å². The highest BCUT2D eigenvalue weighted by atomic mass is 35.5. The van der Waals surface area contributed by atoms with E-state index in [1.54, 1.807) is 18.4 Å². The van der Waals surface area contributed by atoms with E-state index in [-0.39, 0.29) is 0 Å². The smallest absolute Gasteiger partial charge is 0.169 e. The van der Waals surface area contributed by atoms with Crippen LogP contribution in [0.15, 0.2) is 71.4 Å². The Hall–Kier alpha value is -3.18. The number of aromatic nitrogens is 1. The average Bonchev–Trinajstić information content (AvgIpc) is 3.24. The number of halogens is 1. The second-order valence-electron chi connectivity index (χ2n) is 6.53. The van der Waals surface area contributed by atoms with Crippen LogP contribution < -0.4 is 14.8 Å². The molecule has 0 saturated heterocycles. The van der Waals surface area contributed by atoms with Crippen LogP contribution >= 0.6 is 11.6 Å². The van der Waals surface area contributed by atoms with Crippen molar-refractivity contribution in [2.24, 2.45) is 0 Å². The molecule has 4 rings (SSSR count). The molecule has 4 aromatic rings. The number of ether oxygens (including phenoxy) is 2. The minimum Gasteiger partial charge on any atom is -0.494 e. The molecule has 0 atom stereocenters. The fourth-order valence-electron chi connectivity index (χ4n) is 3.08. The summed E-state index contributed by atoms with van der Waals surface area (Å²) in [6, 6.07) is 19.7. The summed E-state index contributed by atoms with van der Waals surface area (Å²) in [4.78, 5) is 0. The molecule has 1 N–H and O–H groups in total. The maximum Gasteiger partial charge on any atom is 0.169 e. The van der Waals surface area contributed by atoms with Crippen LogP contribution in [0.4, 0.5) is 5.82 Å². The largest absolute Gasteiger partial charge is 0.494 e. The highest BCUT2D eigenvalue weighted by Gasteiger charge is 2.07. The summed E-state index contributed by atoms with van der Waals surface area (Å²) in [5, 5.41) is 9.86. The predicted molar refractivity (Wildman–Crippen MR) is 115 cm³/mol. The van der Waals surface area contributed by atoms with Crippen LogP contribution in [0.25, 0.3) is 10.8 Å². The Bertz CT molecular complexity index is 1100. The van der Waals surface area contributed by atoms with Gasteiger partial charge in [0, 0.05) is 18.7 Å². The van der Waals surface area contributed by atoms with Crippen LogP contribution in [0, 0.1) is 0 Å². The molecule has 3 aromatic carbocycles. The molecule has 0 saturated carbocycles. The number of benzene rings is 3. The predicted octanol–water partition coefficient (Wildman–Crippen LogP) is 6.33. The Balaban J connectivity index is 1.44. The van der Waals surface area contributed by atoms with E-state index >= 15 is 0 Å². The fourth-order valence-corrected chi connectivity index (χ4v) is 3.29. The van der Waals surface area contributed by atoms with E-state index in [4.69, 9.17) is 25.6 Å². The van der Waals surface area contributed by atoms with Crippen LogP contribution in [0.3, 0.4) is 0 Å². The quantitative estimate of drug-likeness (QED) is 0.369. The number of nitrogens with zero attached hydrogens (tertiary/aromatic N) is 1. The molecule has 0 spiro atoms. The maximum absolute atomic E-state index is 6.32. The highest BCUT2D eigenvalue weighted by Crippen LogP contribution is 2.33. The van der Waals surface area contributed by atoms with E-state index < -0.39 is 0 Å². The summed E-state index contributed by atoms with van der Waals surface area (Å²) >= 11 is 6.32. The Morgan fingerprint density at radius 2 is 1.79 bits per heavy atom. The van der Waals surface area contributed by atoms with Gasteiger partial charge in [-0.1, -0.05) is 41.0 Å². The van der Waals surface area contributed by atoms with Crippen LogP contribution in [0.2, 0.25) is 5.02 Å². The molecular weight excluding hydrogens is 388 g/mol. The summed E-state index contributed by atoms with van der Waals surface area (Å²) < 4.78 is 16.2. The van der Waals surface area contributed by atoms with Gasteiger partial charge in [-0.2, -0.15) is 0 Å². The Morgan fingerprint density at radius 3 is 2.59 bits per heavy atom. The summed E-state index contributed by atoms with van der Waals surface area (Å²) in [5.74, 6) is 2.82. The second-order valence-corrected chi connectivity index (χ2v) is 6.94. The molecule has 0 radical (unpaired) electrons. The zero-order valence-electron chi connectivity index (χ0n) is 16.0. The first-order valence-corrected chi connectivity index (χ1v) is 9.86. The number of rotatable bonds is 8. The fraction of sp³-hybridized carbons (Fsp3) is 0.174. The van der Waals surface area contributed by atoms with Crippen molar-refractivity contribution < 1.29 is 14.0 Å². The van der Waals surface area contributed by atoms with Crippen molar-refractivity contribution in [1.29, 1.82) is 0 Å². The molecule has 0 bridgehead atoms. The van der Waals surface area contributed by atoms with Gasteiger partial charge in [-0.25, -0.2) is 0 Å². The minimum atomic E-state index is 0.519. The van der Waals surface area contributed by atoms with E-state index in [9.17, 15) is 0 Å². The van der Waals surface area contributed by atoms with Gasteiger partial charge in [-0.3, -0.25) is 0 Å². The number of nitrogens with one attached hydrogen (secondary N) is 1. The van der Waals surface area contributed by atoms with Gasteiger partial charge in [0.1, 0.15) is 23.5 Å². The molecule has 5 nitrogen and oxygen atoms in total. The van der Waals surface area contributed by atoms with Crippen molar-refractivity contribution in [2.75, 3.05) is 18.5 Å². The monoisotopic (exact) mass is 408 g/mol. The van der Waals surface area contributed by atoms with Crippen molar-refractivity contribution >= 4 is 28.2 Å². The number of anilines is 1. The molecule has 0 unspecified atom stereocenters. The maximum atomic E-state index is 6.32. The number of fused-ring (bicyclic) bond motifs is 1. The molecule has 1 aromatic heterocycles. The molecule has 148 valence electrons. The van der Waals surface area contributed by atoms with Gasteiger partial charge in [-0.15, -0.1) is 0 Å². The zero-order valence-corrected chi connectivity index (χ0v) is 16.8. The summed E-state index contributed by atoms with van der Waals surface area (Å²) in [6.45, 7) is 3.32. The number of hydrogen-bond acceptors (Lipinski definition) is 5. The first-order valence-electron chi connectivity index (χ1n) is 9.48. The first-order chi connectivity index (χ1) is 14.2. The van der Waals surface area contributed by atoms with Gasteiger partial charge in [0.15, 0.2) is 5.82 Å². The van der Waals surface area contributed by atoms with Crippen molar-refractivity contribution in [3.8, 4) is 17.2 Å². The van der Waals surface area contributed by atoms with Gasteiger partial charge < -0.3 is 19.3 Å². The minimum absolute atomic E-state index is 0.519. The molecule has 6 heteroatoms. The summed E-state index contributed by atoms with van der Waals surface area (Å²) in [5.41, 5.74) is 1.25. The van der Waals surface area contributed by atoms with E-state index in [0.717, 1.165) is 41.1 Å². The van der Waals surface area contributed by atoms with Crippen molar-refractivity contribution in [2.45, 2.75) is 13.3 Å². The topological polar surface area (TPSA) is 56.5 Å². The van der Waals surface area contributed by atoms with Gasteiger partial charge in [0.2, 0.25) is 0 Å². The summed E-state index contributed by atoms with van der Waals surface area (Å²) in [7, 11) is 0. The lowest BCUT2D eigenvalue weighted by Crippen LogP contribution is -2.04. The van der Waals surface area contributed by atoms with E-state index in [2.05, 4.69) is 34.7 Å². The normalized spacial score (nSPS) is 10.8. The van der Waals surface area contributed by atoms with E-state index in [1.165, 1.54) is 5.56 Å². The third-order valence-corrected chi connectivity index (χ3v) is 4.77. The lowest BCUT2D eigenvalue weighted by atomic mass is 10.0. The molecule has 29 heavy (non-hydrogen) atoms. The standard InChI is InChI=1S/C23H21ClN2O3/c1-2-27-19-7-8-22(21(24)15-19)29-20-6-5-17-13-16(3-4-18(17)14-20)9-11-25-23-10-12-28-26-23/h3-8,10,12-15H,2,9,11H2,1H3,(H,25,26). The van der Waals surface area contributed by atoms with Gasteiger partial charge in [0.05, 0.1) is 11.6 Å². The van der Waals surface area contributed by atoms with Crippen molar-refractivity contribution in [3.05, 3.63) is 77.5 Å². The Morgan fingerprint density at radius 1 is 0.966 bits per heavy atom. The van der Waals surface area contributed by atoms with Gasteiger partial charge >= 0.3 is 0 Å². The second kappa shape index (κ2) is 8.88.